The summed E-state index contributed by atoms with van der Waals surface area (Å²) in [6, 6.07) is 8.38. The van der Waals surface area contributed by atoms with Crippen molar-refractivity contribution in [1.29, 1.82) is 0 Å². The first kappa shape index (κ1) is 11.9. The van der Waals surface area contributed by atoms with E-state index in [0.29, 0.717) is 5.54 Å². The zero-order valence-corrected chi connectivity index (χ0v) is 11.8. The van der Waals surface area contributed by atoms with E-state index in [1.54, 1.807) is 11.3 Å². The van der Waals surface area contributed by atoms with Crippen LogP contribution in [-0.4, -0.2) is 30.7 Å². The summed E-state index contributed by atoms with van der Waals surface area (Å²) in [5.41, 5.74) is 1.42. The largest absolute Gasteiger partial charge is 0.348 e. The van der Waals surface area contributed by atoms with Gasteiger partial charge in [-0.25, -0.2) is 4.98 Å². The average molecular weight is 261 g/mol. The van der Waals surface area contributed by atoms with Crippen LogP contribution in [0.2, 0.25) is 0 Å². The molecule has 3 nitrogen and oxygen atoms in total. The van der Waals surface area contributed by atoms with E-state index in [1.807, 2.05) is 0 Å². The lowest BCUT2D eigenvalue weighted by molar-refractivity contribution is 0.305. The summed E-state index contributed by atoms with van der Waals surface area (Å²) in [6.07, 6.45) is 2.36. The monoisotopic (exact) mass is 261 g/mol. The lowest BCUT2D eigenvalue weighted by atomic mass is 9.90. The molecular formula is C14H19N3S. The second-order valence-corrected chi connectivity index (χ2v) is 6.27. The smallest absolute Gasteiger partial charge is 0.186 e. The highest BCUT2D eigenvalue weighted by Gasteiger charge is 2.29. The van der Waals surface area contributed by atoms with E-state index < -0.39 is 0 Å². The second kappa shape index (κ2) is 4.52. The molecule has 0 amide bonds. The Labute approximate surface area is 112 Å². The van der Waals surface area contributed by atoms with E-state index in [1.165, 1.54) is 22.7 Å². The van der Waals surface area contributed by atoms with Gasteiger partial charge in [0.1, 0.15) is 0 Å². The topological polar surface area (TPSA) is 28.2 Å². The average Bonchev–Trinajstić information content (AvgIpc) is 2.83. The molecule has 1 fully saturated rings. The third-order valence-electron chi connectivity index (χ3n) is 4.02. The number of hydrogen-bond donors (Lipinski definition) is 1. The molecule has 0 radical (unpaired) electrons. The van der Waals surface area contributed by atoms with Gasteiger partial charge in [0, 0.05) is 18.6 Å². The summed E-state index contributed by atoms with van der Waals surface area (Å²) in [4.78, 5) is 7.15. The lowest BCUT2D eigenvalue weighted by Crippen LogP contribution is -2.50. The SMILES string of the molecule is CNC1(C)CCN(c2nc3ccccc3s2)CC1. The van der Waals surface area contributed by atoms with Gasteiger partial charge in [0.25, 0.3) is 0 Å². The van der Waals surface area contributed by atoms with Crippen molar-refractivity contribution in [2.45, 2.75) is 25.3 Å². The third kappa shape index (κ3) is 2.10. The molecule has 1 aromatic heterocycles. The fourth-order valence-corrected chi connectivity index (χ4v) is 3.45. The molecule has 0 saturated carbocycles. The van der Waals surface area contributed by atoms with E-state index >= 15 is 0 Å². The molecule has 1 aromatic carbocycles. The Hall–Kier alpha value is -1.13. The molecule has 1 aliphatic rings. The van der Waals surface area contributed by atoms with Gasteiger partial charge in [0.05, 0.1) is 10.2 Å². The van der Waals surface area contributed by atoms with E-state index in [-0.39, 0.29) is 0 Å². The number of thiazole rings is 1. The summed E-state index contributed by atoms with van der Waals surface area (Å²) in [7, 11) is 2.06. The second-order valence-electron chi connectivity index (χ2n) is 5.26. The summed E-state index contributed by atoms with van der Waals surface area (Å²) in [5, 5.41) is 4.61. The van der Waals surface area contributed by atoms with E-state index in [0.717, 1.165) is 18.6 Å². The standard InChI is InChI=1S/C14H19N3S/c1-14(15-2)7-9-17(10-8-14)13-16-11-5-3-4-6-12(11)18-13/h3-6,15H,7-10H2,1-2H3. The summed E-state index contributed by atoms with van der Waals surface area (Å²) in [5.74, 6) is 0. The predicted octanol–water partition coefficient (Wildman–Crippen LogP) is 2.87. The fraction of sp³-hybridized carbons (Fsp3) is 0.500. The van der Waals surface area contributed by atoms with Gasteiger partial charge in [-0.05, 0) is 38.9 Å². The van der Waals surface area contributed by atoms with Gasteiger partial charge in [-0.3, -0.25) is 0 Å². The highest BCUT2D eigenvalue weighted by atomic mass is 32.1. The summed E-state index contributed by atoms with van der Waals surface area (Å²) < 4.78 is 1.29. The first-order valence-electron chi connectivity index (χ1n) is 6.50. The minimum atomic E-state index is 0.299. The van der Waals surface area contributed by atoms with Crippen molar-refractivity contribution in [1.82, 2.24) is 10.3 Å². The quantitative estimate of drug-likeness (QED) is 0.901. The van der Waals surface area contributed by atoms with Crippen molar-refractivity contribution >= 4 is 26.7 Å². The normalized spacial score (nSPS) is 19.3. The zero-order valence-electron chi connectivity index (χ0n) is 10.9. The molecule has 0 aliphatic carbocycles. The number of aromatic nitrogens is 1. The number of anilines is 1. The lowest BCUT2D eigenvalue weighted by Gasteiger charge is -2.39. The highest BCUT2D eigenvalue weighted by Crippen LogP contribution is 2.32. The molecule has 96 valence electrons. The number of rotatable bonds is 2. The van der Waals surface area contributed by atoms with Gasteiger partial charge in [-0.1, -0.05) is 23.5 Å². The van der Waals surface area contributed by atoms with Gasteiger partial charge >= 0.3 is 0 Å². The first-order valence-corrected chi connectivity index (χ1v) is 7.31. The predicted molar refractivity (Wildman–Crippen MR) is 78.5 cm³/mol. The number of fused-ring (bicyclic) bond motifs is 1. The van der Waals surface area contributed by atoms with Gasteiger partial charge in [0.2, 0.25) is 0 Å². The Bertz CT molecular complexity index is 508. The Morgan fingerprint density at radius 3 is 2.67 bits per heavy atom. The fourth-order valence-electron chi connectivity index (χ4n) is 2.44. The van der Waals surface area contributed by atoms with Crippen LogP contribution in [0.4, 0.5) is 5.13 Å². The maximum Gasteiger partial charge on any atom is 0.186 e. The molecule has 0 spiro atoms. The third-order valence-corrected chi connectivity index (χ3v) is 5.12. The van der Waals surface area contributed by atoms with E-state index in [4.69, 9.17) is 4.98 Å². The van der Waals surface area contributed by atoms with Crippen molar-refractivity contribution in [3.05, 3.63) is 24.3 Å². The Kier molecular flexibility index (Phi) is 2.99. The summed E-state index contributed by atoms with van der Waals surface area (Å²) in [6.45, 7) is 4.50. The van der Waals surface area contributed by atoms with Crippen LogP contribution in [0.5, 0.6) is 0 Å². The van der Waals surface area contributed by atoms with Crippen molar-refractivity contribution in [2.75, 3.05) is 25.0 Å². The van der Waals surface area contributed by atoms with Crippen LogP contribution in [-0.2, 0) is 0 Å². The number of nitrogens with one attached hydrogen (secondary N) is 1. The van der Waals surface area contributed by atoms with Crippen LogP contribution >= 0.6 is 11.3 Å². The van der Waals surface area contributed by atoms with Crippen LogP contribution in [0.15, 0.2) is 24.3 Å². The van der Waals surface area contributed by atoms with Crippen LogP contribution in [0.25, 0.3) is 10.2 Å². The van der Waals surface area contributed by atoms with Crippen LogP contribution in [0.1, 0.15) is 19.8 Å². The Morgan fingerprint density at radius 2 is 2.00 bits per heavy atom. The van der Waals surface area contributed by atoms with Gasteiger partial charge < -0.3 is 10.2 Å². The van der Waals surface area contributed by atoms with Crippen molar-refractivity contribution in [2.24, 2.45) is 0 Å². The molecular weight excluding hydrogens is 242 g/mol. The van der Waals surface area contributed by atoms with E-state index in [2.05, 4.69) is 48.5 Å². The molecule has 18 heavy (non-hydrogen) atoms. The summed E-state index contributed by atoms with van der Waals surface area (Å²) >= 11 is 1.81. The number of hydrogen-bond acceptors (Lipinski definition) is 4. The zero-order chi connectivity index (χ0) is 12.6. The maximum atomic E-state index is 4.73. The minimum absolute atomic E-state index is 0.299. The van der Waals surface area contributed by atoms with Crippen LogP contribution in [0.3, 0.4) is 0 Å². The number of piperidine rings is 1. The molecule has 2 heterocycles. The molecule has 4 heteroatoms. The highest BCUT2D eigenvalue weighted by molar-refractivity contribution is 7.22. The molecule has 3 rings (SSSR count). The molecule has 0 atom stereocenters. The first-order chi connectivity index (χ1) is 8.70. The van der Waals surface area contributed by atoms with Crippen molar-refractivity contribution in [3.8, 4) is 0 Å². The molecule has 1 saturated heterocycles. The Balaban J connectivity index is 1.80. The maximum absolute atomic E-state index is 4.73. The molecule has 0 unspecified atom stereocenters. The van der Waals surface area contributed by atoms with Gasteiger partial charge in [0.15, 0.2) is 5.13 Å². The number of para-hydroxylation sites is 1. The van der Waals surface area contributed by atoms with Gasteiger partial charge in [-0.2, -0.15) is 0 Å². The van der Waals surface area contributed by atoms with E-state index in [9.17, 15) is 0 Å². The molecule has 1 N–H and O–H groups in total. The van der Waals surface area contributed by atoms with Crippen molar-refractivity contribution < 1.29 is 0 Å². The number of benzene rings is 1. The molecule has 0 bridgehead atoms. The van der Waals surface area contributed by atoms with Crippen LogP contribution < -0.4 is 10.2 Å². The Morgan fingerprint density at radius 1 is 1.28 bits per heavy atom. The molecule has 2 aromatic rings. The van der Waals surface area contributed by atoms with Gasteiger partial charge in [-0.15, -0.1) is 0 Å². The number of nitrogens with zero attached hydrogens (tertiary/aromatic N) is 2. The molecule has 1 aliphatic heterocycles. The minimum Gasteiger partial charge on any atom is -0.348 e. The van der Waals surface area contributed by atoms with Crippen LogP contribution in [0, 0.1) is 0 Å². The van der Waals surface area contributed by atoms with Crippen molar-refractivity contribution in [3.63, 3.8) is 0 Å².